The number of amides is 1. The highest BCUT2D eigenvalue weighted by Gasteiger charge is 2.31. The number of anilines is 1. The first-order valence-corrected chi connectivity index (χ1v) is 9.65. The van der Waals surface area contributed by atoms with E-state index >= 15 is 0 Å². The maximum Gasteiger partial charge on any atom is 0.254 e. The van der Waals surface area contributed by atoms with E-state index < -0.39 is 0 Å². The van der Waals surface area contributed by atoms with Crippen LogP contribution in [0.1, 0.15) is 55.8 Å². The lowest BCUT2D eigenvalue weighted by Gasteiger charge is -2.28. The van der Waals surface area contributed by atoms with Crippen LogP contribution in [0.2, 0.25) is 0 Å². The number of benzene rings is 1. The second kappa shape index (κ2) is 8.52. The fraction of sp³-hybridized carbons (Fsp3) is 0.650. The predicted molar refractivity (Wildman–Crippen MR) is 99.6 cm³/mol. The van der Waals surface area contributed by atoms with Gasteiger partial charge >= 0.3 is 0 Å². The Kier molecular flexibility index (Phi) is 6.13. The Morgan fingerprint density at radius 3 is 2.58 bits per heavy atom. The summed E-state index contributed by atoms with van der Waals surface area (Å²) in [5, 5.41) is 3.41. The Labute approximate surface area is 146 Å². The molecule has 0 spiro atoms. The van der Waals surface area contributed by atoms with Gasteiger partial charge in [0.05, 0.1) is 0 Å². The lowest BCUT2D eigenvalue weighted by molar-refractivity contribution is 0.0709. The number of rotatable bonds is 7. The van der Waals surface area contributed by atoms with E-state index in [0.29, 0.717) is 6.04 Å². The van der Waals surface area contributed by atoms with Gasteiger partial charge in [-0.15, -0.1) is 0 Å². The van der Waals surface area contributed by atoms with Crippen LogP contribution in [0.5, 0.6) is 0 Å². The average Bonchev–Trinajstić information content (AvgIpc) is 3.27. The van der Waals surface area contributed by atoms with Crippen LogP contribution < -0.4 is 5.32 Å². The lowest BCUT2D eigenvalue weighted by Crippen LogP contribution is -2.42. The third-order valence-corrected chi connectivity index (χ3v) is 5.30. The molecule has 2 fully saturated rings. The van der Waals surface area contributed by atoms with Crippen LogP contribution in [0, 0.1) is 0 Å². The summed E-state index contributed by atoms with van der Waals surface area (Å²) in [5.41, 5.74) is 1.93. The third-order valence-electron chi connectivity index (χ3n) is 5.30. The maximum atomic E-state index is 12.9. The van der Waals surface area contributed by atoms with Gasteiger partial charge in [0.25, 0.3) is 5.91 Å². The standard InChI is InChI=1S/C20H31N3O/c1-2-3-12-21-18-10-8-17(9-11-18)20(24)23-15-6-7-19(23)16-22-13-4-5-14-22/h8-11,19,21H,2-7,12-16H2,1H3. The van der Waals surface area contributed by atoms with E-state index in [4.69, 9.17) is 0 Å². The molecular weight excluding hydrogens is 298 g/mol. The minimum absolute atomic E-state index is 0.205. The van der Waals surface area contributed by atoms with Gasteiger partial charge in [0, 0.05) is 36.9 Å². The number of unbranched alkanes of at least 4 members (excludes halogenated alkanes) is 1. The molecule has 0 aromatic heterocycles. The molecule has 0 bridgehead atoms. The maximum absolute atomic E-state index is 12.9. The monoisotopic (exact) mass is 329 g/mol. The molecule has 2 aliphatic rings. The number of carbonyl (C=O) groups is 1. The Morgan fingerprint density at radius 2 is 1.88 bits per heavy atom. The van der Waals surface area contributed by atoms with Crippen molar-refractivity contribution in [1.29, 1.82) is 0 Å². The van der Waals surface area contributed by atoms with Crippen LogP contribution in [0.15, 0.2) is 24.3 Å². The summed E-state index contributed by atoms with van der Waals surface area (Å²) in [6, 6.07) is 8.42. The van der Waals surface area contributed by atoms with Crippen LogP contribution in [0.4, 0.5) is 5.69 Å². The Hall–Kier alpha value is -1.55. The third kappa shape index (κ3) is 4.29. The molecule has 132 valence electrons. The number of hydrogen-bond donors (Lipinski definition) is 1. The average molecular weight is 329 g/mol. The molecule has 1 unspecified atom stereocenters. The first kappa shape index (κ1) is 17.3. The first-order valence-electron chi connectivity index (χ1n) is 9.65. The van der Waals surface area contributed by atoms with E-state index in [1.807, 2.05) is 24.3 Å². The van der Waals surface area contributed by atoms with Gasteiger partial charge in [0.1, 0.15) is 0 Å². The zero-order chi connectivity index (χ0) is 16.8. The van der Waals surface area contributed by atoms with Gasteiger partial charge < -0.3 is 15.1 Å². The molecular formula is C20H31N3O. The van der Waals surface area contributed by atoms with Gasteiger partial charge in [-0.25, -0.2) is 0 Å². The molecule has 0 radical (unpaired) electrons. The van der Waals surface area contributed by atoms with Gasteiger partial charge in [-0.1, -0.05) is 13.3 Å². The normalized spacial score (nSPS) is 21.4. The lowest BCUT2D eigenvalue weighted by atomic mass is 10.1. The minimum atomic E-state index is 0.205. The van der Waals surface area contributed by atoms with E-state index in [1.165, 1.54) is 38.8 Å². The highest BCUT2D eigenvalue weighted by Crippen LogP contribution is 2.23. The van der Waals surface area contributed by atoms with Gasteiger partial charge in [-0.3, -0.25) is 4.79 Å². The van der Waals surface area contributed by atoms with E-state index in [-0.39, 0.29) is 5.91 Å². The van der Waals surface area contributed by atoms with Gasteiger partial charge in [-0.2, -0.15) is 0 Å². The van der Waals surface area contributed by atoms with Crippen LogP contribution in [0.3, 0.4) is 0 Å². The molecule has 3 rings (SSSR count). The molecule has 1 aromatic rings. The molecule has 0 saturated carbocycles. The number of carbonyl (C=O) groups excluding carboxylic acids is 1. The Balaban J connectivity index is 1.57. The summed E-state index contributed by atoms with van der Waals surface area (Å²) >= 11 is 0. The molecule has 2 saturated heterocycles. The van der Waals surface area contributed by atoms with Crippen LogP contribution >= 0.6 is 0 Å². The fourth-order valence-electron chi connectivity index (χ4n) is 3.86. The van der Waals surface area contributed by atoms with Crippen molar-refractivity contribution in [2.75, 3.05) is 38.0 Å². The van der Waals surface area contributed by atoms with Crippen molar-refractivity contribution in [2.45, 2.75) is 51.5 Å². The van der Waals surface area contributed by atoms with E-state index in [9.17, 15) is 4.79 Å². The number of nitrogens with zero attached hydrogens (tertiary/aromatic N) is 2. The topological polar surface area (TPSA) is 35.6 Å². The van der Waals surface area contributed by atoms with Crippen molar-refractivity contribution < 1.29 is 4.79 Å². The quantitative estimate of drug-likeness (QED) is 0.776. The zero-order valence-electron chi connectivity index (χ0n) is 15.0. The van der Waals surface area contributed by atoms with E-state index in [2.05, 4.69) is 22.0 Å². The summed E-state index contributed by atoms with van der Waals surface area (Å²) < 4.78 is 0. The van der Waals surface area contributed by atoms with Gasteiger partial charge in [-0.05, 0) is 69.5 Å². The Morgan fingerprint density at radius 1 is 1.12 bits per heavy atom. The number of nitrogens with one attached hydrogen (secondary N) is 1. The second-order valence-electron chi connectivity index (χ2n) is 7.16. The van der Waals surface area contributed by atoms with Crippen LogP contribution in [0.25, 0.3) is 0 Å². The molecule has 2 aliphatic heterocycles. The zero-order valence-corrected chi connectivity index (χ0v) is 15.0. The summed E-state index contributed by atoms with van der Waals surface area (Å²) in [4.78, 5) is 17.5. The predicted octanol–water partition coefficient (Wildman–Crippen LogP) is 3.60. The van der Waals surface area contributed by atoms with Crippen molar-refractivity contribution in [3.63, 3.8) is 0 Å². The number of hydrogen-bond acceptors (Lipinski definition) is 3. The Bertz CT molecular complexity index is 522. The van der Waals surface area contributed by atoms with Crippen molar-refractivity contribution in [3.8, 4) is 0 Å². The molecule has 1 amide bonds. The molecule has 4 heteroatoms. The fourth-order valence-corrected chi connectivity index (χ4v) is 3.86. The molecule has 2 heterocycles. The van der Waals surface area contributed by atoms with E-state index in [1.54, 1.807) is 0 Å². The molecule has 0 aliphatic carbocycles. The van der Waals surface area contributed by atoms with Crippen molar-refractivity contribution in [2.24, 2.45) is 0 Å². The molecule has 1 N–H and O–H groups in total. The summed E-state index contributed by atoms with van der Waals surface area (Å²) in [7, 11) is 0. The smallest absolute Gasteiger partial charge is 0.254 e. The van der Waals surface area contributed by atoms with Crippen molar-refractivity contribution in [1.82, 2.24) is 9.80 Å². The molecule has 1 atom stereocenters. The summed E-state index contributed by atoms with van der Waals surface area (Å²) in [6.07, 6.45) is 7.28. The number of likely N-dealkylation sites (tertiary alicyclic amines) is 2. The van der Waals surface area contributed by atoms with Crippen molar-refractivity contribution in [3.05, 3.63) is 29.8 Å². The highest BCUT2D eigenvalue weighted by molar-refractivity contribution is 5.95. The van der Waals surface area contributed by atoms with Gasteiger partial charge in [0.15, 0.2) is 0 Å². The molecule has 4 nitrogen and oxygen atoms in total. The summed E-state index contributed by atoms with van der Waals surface area (Å²) in [6.45, 7) is 7.56. The van der Waals surface area contributed by atoms with E-state index in [0.717, 1.165) is 43.7 Å². The molecule has 24 heavy (non-hydrogen) atoms. The summed E-state index contributed by atoms with van der Waals surface area (Å²) in [5.74, 6) is 0.205. The SMILES string of the molecule is CCCCNc1ccc(C(=O)N2CCCC2CN2CCCC2)cc1. The van der Waals surface area contributed by atoms with Crippen molar-refractivity contribution >= 4 is 11.6 Å². The van der Waals surface area contributed by atoms with Crippen LogP contribution in [-0.2, 0) is 0 Å². The first-order chi connectivity index (χ1) is 11.8. The molecule has 1 aromatic carbocycles. The van der Waals surface area contributed by atoms with Gasteiger partial charge in [0.2, 0.25) is 0 Å². The minimum Gasteiger partial charge on any atom is -0.385 e. The largest absolute Gasteiger partial charge is 0.385 e. The second-order valence-corrected chi connectivity index (χ2v) is 7.16. The highest BCUT2D eigenvalue weighted by atomic mass is 16.2. The van der Waals surface area contributed by atoms with Crippen LogP contribution in [-0.4, -0.2) is 54.5 Å².